The highest BCUT2D eigenvalue weighted by Gasteiger charge is 2.09. The van der Waals surface area contributed by atoms with Gasteiger partial charge in [-0.1, -0.05) is 17.3 Å². The molecule has 1 aromatic carbocycles. The fraction of sp³-hybridized carbons (Fsp3) is 0.357. The number of aromatic carboxylic acids is 1. The maximum atomic E-state index is 10.7. The molecule has 0 spiro atoms. The van der Waals surface area contributed by atoms with Crippen LogP contribution >= 0.6 is 0 Å². The molecule has 1 heterocycles. The van der Waals surface area contributed by atoms with Crippen molar-refractivity contribution < 1.29 is 14.6 Å². The van der Waals surface area contributed by atoms with Gasteiger partial charge >= 0.3 is 5.97 Å². The summed E-state index contributed by atoms with van der Waals surface area (Å²) >= 11 is 0. The van der Waals surface area contributed by atoms with E-state index in [1.807, 2.05) is 26.8 Å². The Balaban J connectivity index is 1.99. The lowest BCUT2D eigenvalue weighted by Gasteiger charge is -2.13. The molecule has 0 aliphatic rings. The van der Waals surface area contributed by atoms with E-state index in [0.29, 0.717) is 13.2 Å². The highest BCUT2D eigenvalue weighted by molar-refractivity contribution is 5.84. The molecule has 0 saturated heterocycles. The summed E-state index contributed by atoms with van der Waals surface area (Å²) in [7, 11) is 0. The molecular formula is C14H17N3O3. The summed E-state index contributed by atoms with van der Waals surface area (Å²) in [6.45, 7) is 6.92. The Morgan fingerprint density at radius 3 is 2.65 bits per heavy atom. The van der Waals surface area contributed by atoms with Crippen molar-refractivity contribution in [1.82, 2.24) is 15.0 Å². The summed E-state index contributed by atoms with van der Waals surface area (Å²) < 4.78 is 7.25. The quantitative estimate of drug-likeness (QED) is 0.902. The third-order valence-electron chi connectivity index (χ3n) is 3.20. The first kappa shape index (κ1) is 14.0. The van der Waals surface area contributed by atoms with Gasteiger partial charge in [0.15, 0.2) is 5.69 Å². The van der Waals surface area contributed by atoms with Crippen LogP contribution in [0.4, 0.5) is 0 Å². The molecule has 0 atom stereocenters. The van der Waals surface area contributed by atoms with Crippen LogP contribution in [0.2, 0.25) is 0 Å². The smallest absolute Gasteiger partial charge is 0.358 e. The molecule has 0 bridgehead atoms. The average molecular weight is 275 g/mol. The Labute approximate surface area is 117 Å². The summed E-state index contributed by atoms with van der Waals surface area (Å²) in [4.78, 5) is 10.7. The number of rotatable bonds is 5. The minimum atomic E-state index is -1.08. The van der Waals surface area contributed by atoms with Crippen molar-refractivity contribution in [3.8, 4) is 5.75 Å². The maximum Gasteiger partial charge on any atom is 0.358 e. The van der Waals surface area contributed by atoms with Crippen LogP contribution in [-0.4, -0.2) is 32.7 Å². The van der Waals surface area contributed by atoms with Gasteiger partial charge in [0.1, 0.15) is 12.4 Å². The van der Waals surface area contributed by atoms with Crippen LogP contribution in [0.5, 0.6) is 5.75 Å². The zero-order valence-corrected chi connectivity index (χ0v) is 11.8. The van der Waals surface area contributed by atoms with Crippen LogP contribution in [0.1, 0.15) is 27.2 Å². The molecule has 0 amide bonds. The van der Waals surface area contributed by atoms with Crippen LogP contribution in [0, 0.1) is 20.8 Å². The van der Waals surface area contributed by atoms with Gasteiger partial charge < -0.3 is 9.84 Å². The van der Waals surface area contributed by atoms with Crippen LogP contribution in [0.15, 0.2) is 18.3 Å². The lowest BCUT2D eigenvalue weighted by atomic mass is 10.1. The van der Waals surface area contributed by atoms with Crippen molar-refractivity contribution in [3.05, 3.63) is 40.7 Å². The second kappa shape index (κ2) is 5.73. The van der Waals surface area contributed by atoms with E-state index in [1.54, 1.807) is 0 Å². The number of hydrogen-bond acceptors (Lipinski definition) is 4. The van der Waals surface area contributed by atoms with Gasteiger partial charge in [-0.2, -0.15) is 0 Å². The van der Waals surface area contributed by atoms with Crippen molar-refractivity contribution in [3.63, 3.8) is 0 Å². The van der Waals surface area contributed by atoms with Gasteiger partial charge in [-0.3, -0.25) is 0 Å². The Hall–Kier alpha value is -2.37. The van der Waals surface area contributed by atoms with Crippen molar-refractivity contribution >= 4 is 5.97 Å². The number of aryl methyl sites for hydroxylation is 2. The number of aromatic nitrogens is 3. The van der Waals surface area contributed by atoms with E-state index in [2.05, 4.69) is 16.4 Å². The fourth-order valence-corrected chi connectivity index (χ4v) is 1.89. The Morgan fingerprint density at radius 1 is 1.30 bits per heavy atom. The molecule has 0 unspecified atom stereocenters. The Morgan fingerprint density at radius 2 is 2.00 bits per heavy atom. The molecule has 6 heteroatoms. The normalized spacial score (nSPS) is 10.6. The molecule has 1 aromatic heterocycles. The summed E-state index contributed by atoms with van der Waals surface area (Å²) in [6, 6.07) is 4.09. The summed E-state index contributed by atoms with van der Waals surface area (Å²) in [5.41, 5.74) is 3.32. The zero-order chi connectivity index (χ0) is 14.7. The predicted molar refractivity (Wildman–Crippen MR) is 73.1 cm³/mol. The summed E-state index contributed by atoms with van der Waals surface area (Å²) in [6.07, 6.45) is 1.39. The van der Waals surface area contributed by atoms with Gasteiger partial charge in [0.05, 0.1) is 12.7 Å². The first-order chi connectivity index (χ1) is 9.49. The largest absolute Gasteiger partial charge is 0.491 e. The second-order valence-electron chi connectivity index (χ2n) is 4.67. The number of benzene rings is 1. The summed E-state index contributed by atoms with van der Waals surface area (Å²) in [5.74, 6) is -0.203. The highest BCUT2D eigenvalue weighted by atomic mass is 16.5. The van der Waals surface area contributed by atoms with E-state index in [9.17, 15) is 4.79 Å². The second-order valence-corrected chi connectivity index (χ2v) is 4.67. The third kappa shape index (κ3) is 2.96. The van der Waals surface area contributed by atoms with E-state index in [-0.39, 0.29) is 5.69 Å². The molecule has 2 aromatic rings. The van der Waals surface area contributed by atoms with Gasteiger partial charge in [0.2, 0.25) is 0 Å². The molecule has 6 nitrogen and oxygen atoms in total. The molecule has 0 aliphatic carbocycles. The van der Waals surface area contributed by atoms with Gasteiger partial charge in [-0.15, -0.1) is 5.10 Å². The van der Waals surface area contributed by atoms with E-state index >= 15 is 0 Å². The van der Waals surface area contributed by atoms with Gasteiger partial charge in [-0.25, -0.2) is 9.48 Å². The lowest BCUT2D eigenvalue weighted by Crippen LogP contribution is -2.10. The van der Waals surface area contributed by atoms with Crippen LogP contribution in [-0.2, 0) is 6.54 Å². The van der Waals surface area contributed by atoms with Crippen molar-refractivity contribution in [2.24, 2.45) is 0 Å². The van der Waals surface area contributed by atoms with Crippen molar-refractivity contribution in [1.29, 1.82) is 0 Å². The molecule has 0 radical (unpaired) electrons. The van der Waals surface area contributed by atoms with Crippen molar-refractivity contribution in [2.45, 2.75) is 27.3 Å². The number of carboxylic acid groups (broad SMARTS) is 1. The minimum Gasteiger partial charge on any atom is -0.491 e. The number of nitrogens with zero attached hydrogens (tertiary/aromatic N) is 3. The molecular weight excluding hydrogens is 258 g/mol. The maximum absolute atomic E-state index is 10.7. The predicted octanol–water partition coefficient (Wildman–Crippen LogP) is 1.98. The van der Waals surface area contributed by atoms with Gasteiger partial charge in [0, 0.05) is 0 Å². The monoisotopic (exact) mass is 275 g/mol. The van der Waals surface area contributed by atoms with E-state index < -0.39 is 5.97 Å². The summed E-state index contributed by atoms with van der Waals surface area (Å²) in [5, 5.41) is 16.0. The van der Waals surface area contributed by atoms with Gasteiger partial charge in [-0.05, 0) is 37.5 Å². The van der Waals surface area contributed by atoms with Crippen molar-refractivity contribution in [2.75, 3.05) is 6.61 Å². The highest BCUT2D eigenvalue weighted by Crippen LogP contribution is 2.25. The Kier molecular flexibility index (Phi) is 4.02. The molecule has 20 heavy (non-hydrogen) atoms. The molecule has 2 rings (SSSR count). The molecule has 106 valence electrons. The average Bonchev–Trinajstić information content (AvgIpc) is 2.87. The third-order valence-corrected chi connectivity index (χ3v) is 3.20. The molecule has 0 fully saturated rings. The van der Waals surface area contributed by atoms with E-state index in [0.717, 1.165) is 16.9 Å². The van der Waals surface area contributed by atoms with Crippen LogP contribution in [0.25, 0.3) is 0 Å². The standard InChI is InChI=1S/C14H17N3O3/c1-9-4-5-10(2)13(11(9)3)20-7-6-17-8-12(14(18)19)15-16-17/h4-5,8H,6-7H2,1-3H3,(H,18,19). The first-order valence-electron chi connectivity index (χ1n) is 6.32. The number of hydrogen-bond donors (Lipinski definition) is 1. The zero-order valence-electron chi connectivity index (χ0n) is 11.8. The lowest BCUT2D eigenvalue weighted by molar-refractivity contribution is 0.0690. The number of ether oxygens (including phenoxy) is 1. The van der Waals surface area contributed by atoms with Crippen LogP contribution < -0.4 is 4.74 Å². The van der Waals surface area contributed by atoms with E-state index in [4.69, 9.17) is 9.84 Å². The molecule has 0 saturated carbocycles. The first-order valence-corrected chi connectivity index (χ1v) is 6.32. The topological polar surface area (TPSA) is 77.2 Å². The number of carbonyl (C=O) groups is 1. The fourth-order valence-electron chi connectivity index (χ4n) is 1.89. The van der Waals surface area contributed by atoms with Crippen LogP contribution in [0.3, 0.4) is 0 Å². The molecule has 0 aliphatic heterocycles. The minimum absolute atomic E-state index is 0.0621. The molecule has 1 N–H and O–H groups in total. The van der Waals surface area contributed by atoms with E-state index in [1.165, 1.54) is 16.4 Å². The van der Waals surface area contributed by atoms with Gasteiger partial charge in [0.25, 0.3) is 0 Å². The Bertz CT molecular complexity index is 635. The number of carboxylic acids is 1. The SMILES string of the molecule is Cc1ccc(C)c(OCCn2cc(C(=O)O)nn2)c1C.